The highest BCUT2D eigenvalue weighted by Gasteiger charge is 2.37. The van der Waals surface area contributed by atoms with Gasteiger partial charge in [-0.05, 0) is 90.5 Å². The normalized spacial score (nSPS) is 22.3. The van der Waals surface area contributed by atoms with Crippen molar-refractivity contribution in [3.8, 4) is 0 Å². The molecule has 0 saturated heterocycles. The molecule has 2 aliphatic rings. The zero-order valence-electron chi connectivity index (χ0n) is 20.0. The Hall–Kier alpha value is -1.50. The van der Waals surface area contributed by atoms with Gasteiger partial charge in [-0.2, -0.15) is 0 Å². The van der Waals surface area contributed by atoms with E-state index in [1.54, 1.807) is 11.3 Å². The fourth-order valence-electron chi connectivity index (χ4n) is 4.45. The first-order chi connectivity index (χ1) is 14.4. The summed E-state index contributed by atoms with van der Waals surface area (Å²) in [6.45, 7) is 14.4. The molecule has 0 radical (unpaired) electrons. The van der Waals surface area contributed by atoms with E-state index < -0.39 is 0 Å². The van der Waals surface area contributed by atoms with Crippen LogP contribution in [0.4, 0.5) is 5.13 Å². The second-order valence-corrected chi connectivity index (χ2v) is 12.2. The number of Topliss-reactive ketones (excluding diaryl/α,β-unsaturated/α-hetero) is 1. The van der Waals surface area contributed by atoms with Crippen LogP contribution in [0.15, 0.2) is 12.1 Å². The summed E-state index contributed by atoms with van der Waals surface area (Å²) in [6.07, 6.45) is 3.51. The lowest BCUT2D eigenvalue weighted by Gasteiger charge is -2.34. The Morgan fingerprint density at radius 3 is 2.58 bits per heavy atom. The lowest BCUT2D eigenvalue weighted by molar-refractivity contribution is -0.0196. The Balaban J connectivity index is 1.58. The van der Waals surface area contributed by atoms with Crippen LogP contribution in [0, 0.1) is 5.92 Å². The number of anilines is 1. The van der Waals surface area contributed by atoms with Crippen molar-refractivity contribution < 1.29 is 9.53 Å². The van der Waals surface area contributed by atoms with Gasteiger partial charge in [0.25, 0.3) is 0 Å². The first-order valence-electron chi connectivity index (χ1n) is 11.5. The van der Waals surface area contributed by atoms with Crippen LogP contribution in [0.5, 0.6) is 0 Å². The molecular formula is C25H37N3O2S. The fraction of sp³-hybridized carbons (Fsp3) is 0.680. The summed E-state index contributed by atoms with van der Waals surface area (Å²) in [7, 11) is 2.12. The third kappa shape index (κ3) is 5.12. The minimum absolute atomic E-state index is 0.000419. The number of carbonyl (C=O) groups is 1. The van der Waals surface area contributed by atoms with Crippen LogP contribution in [-0.2, 0) is 4.74 Å². The number of ketones is 1. The number of aromatic nitrogens is 1. The van der Waals surface area contributed by atoms with Crippen molar-refractivity contribution in [2.24, 2.45) is 5.92 Å². The second kappa shape index (κ2) is 8.13. The number of fused-ring (bicyclic) bond motifs is 3. The van der Waals surface area contributed by atoms with E-state index in [1.807, 2.05) is 12.1 Å². The molecule has 0 spiro atoms. The third-order valence-corrected chi connectivity index (χ3v) is 7.34. The molecule has 0 bridgehead atoms. The van der Waals surface area contributed by atoms with Crippen molar-refractivity contribution in [2.45, 2.75) is 83.9 Å². The highest BCUT2D eigenvalue weighted by molar-refractivity contribution is 7.22. The molecule has 2 aromatic rings. The van der Waals surface area contributed by atoms with E-state index >= 15 is 0 Å². The molecule has 1 N–H and O–H groups in total. The molecule has 2 aliphatic carbocycles. The van der Waals surface area contributed by atoms with Gasteiger partial charge in [-0.15, -0.1) is 0 Å². The molecule has 1 aromatic carbocycles. The summed E-state index contributed by atoms with van der Waals surface area (Å²) < 4.78 is 7.14. The molecule has 2 atom stereocenters. The quantitative estimate of drug-likeness (QED) is 0.595. The van der Waals surface area contributed by atoms with Crippen molar-refractivity contribution in [1.29, 1.82) is 0 Å². The Kier molecular flexibility index (Phi) is 5.95. The molecule has 1 saturated carbocycles. The van der Waals surface area contributed by atoms with Crippen molar-refractivity contribution in [3.63, 3.8) is 0 Å². The predicted molar refractivity (Wildman–Crippen MR) is 130 cm³/mol. The van der Waals surface area contributed by atoms with Gasteiger partial charge in [0.05, 0.1) is 34.0 Å². The number of rotatable bonds is 7. The largest absolute Gasteiger partial charge is 0.373 e. The van der Waals surface area contributed by atoms with Crippen molar-refractivity contribution in [2.75, 3.05) is 25.5 Å². The minimum Gasteiger partial charge on any atom is -0.373 e. The van der Waals surface area contributed by atoms with Crippen LogP contribution in [0.25, 0.3) is 10.2 Å². The second-order valence-electron chi connectivity index (χ2n) is 11.2. The van der Waals surface area contributed by atoms with Crippen LogP contribution >= 0.6 is 11.3 Å². The Morgan fingerprint density at radius 1 is 1.23 bits per heavy atom. The number of benzene rings is 1. The molecular weight excluding hydrogens is 406 g/mol. The number of nitrogens with one attached hydrogen (secondary N) is 1. The van der Waals surface area contributed by atoms with Crippen LogP contribution < -0.4 is 5.32 Å². The number of likely N-dealkylation sites (N-methyl/N-ethyl adjacent to an activating group) is 1. The Labute approximate surface area is 190 Å². The summed E-state index contributed by atoms with van der Waals surface area (Å²) in [6, 6.07) is 4.02. The topological polar surface area (TPSA) is 54.5 Å². The molecule has 2 unspecified atom stereocenters. The molecule has 6 heteroatoms. The van der Waals surface area contributed by atoms with Gasteiger partial charge in [-0.1, -0.05) is 18.3 Å². The van der Waals surface area contributed by atoms with Crippen molar-refractivity contribution in [1.82, 2.24) is 9.88 Å². The van der Waals surface area contributed by atoms with Gasteiger partial charge >= 0.3 is 0 Å². The van der Waals surface area contributed by atoms with Crippen molar-refractivity contribution in [3.05, 3.63) is 23.3 Å². The number of thiazole rings is 1. The lowest BCUT2D eigenvalue weighted by atomic mass is 9.79. The number of carbonyl (C=O) groups excluding carboxylic acids is 1. The summed E-state index contributed by atoms with van der Waals surface area (Å²) in [4.78, 5) is 20.5. The standard InChI is InChI=1S/C25H37N3O2S/c1-15-12-19(28(7)13-16-8-9-16)21(29)17-10-11-18-22(20(15)17)31-23(26-18)27-25(5,6)14-30-24(2,3)4/h10-11,15-16,19H,8-9,12-14H2,1-7H3,(H,26,27). The van der Waals surface area contributed by atoms with Crippen LogP contribution in [-0.4, -0.2) is 53.0 Å². The highest BCUT2D eigenvalue weighted by atomic mass is 32.1. The SMILES string of the molecule is CC1CC(N(C)CC2CC2)C(=O)c2ccc3nc(NC(C)(C)COC(C)(C)C)sc3c21. The van der Waals surface area contributed by atoms with E-state index in [0.717, 1.165) is 39.8 Å². The zero-order valence-corrected chi connectivity index (χ0v) is 20.9. The molecule has 0 amide bonds. The lowest BCUT2D eigenvalue weighted by Crippen LogP contribution is -2.43. The molecule has 0 aliphatic heterocycles. The summed E-state index contributed by atoms with van der Waals surface area (Å²) >= 11 is 1.66. The maximum Gasteiger partial charge on any atom is 0.184 e. The summed E-state index contributed by atoms with van der Waals surface area (Å²) in [5, 5.41) is 4.45. The molecule has 1 fully saturated rings. The number of hydrogen-bond donors (Lipinski definition) is 1. The molecule has 1 heterocycles. The van der Waals surface area contributed by atoms with Gasteiger partial charge in [0, 0.05) is 12.1 Å². The Morgan fingerprint density at radius 2 is 1.94 bits per heavy atom. The van der Waals surface area contributed by atoms with Crippen LogP contribution in [0.3, 0.4) is 0 Å². The van der Waals surface area contributed by atoms with Gasteiger partial charge in [0.2, 0.25) is 0 Å². The smallest absolute Gasteiger partial charge is 0.184 e. The molecule has 170 valence electrons. The molecule has 4 rings (SSSR count). The summed E-state index contributed by atoms with van der Waals surface area (Å²) in [5.74, 6) is 1.41. The molecule has 1 aromatic heterocycles. The number of hydrogen-bond acceptors (Lipinski definition) is 6. The number of ether oxygens (including phenoxy) is 1. The van der Waals surface area contributed by atoms with E-state index in [9.17, 15) is 4.79 Å². The average Bonchev–Trinajstić information content (AvgIpc) is 3.38. The van der Waals surface area contributed by atoms with Crippen molar-refractivity contribution >= 4 is 32.5 Å². The van der Waals surface area contributed by atoms with E-state index in [-0.39, 0.29) is 23.0 Å². The number of nitrogens with zero attached hydrogens (tertiary/aromatic N) is 2. The van der Waals surface area contributed by atoms with Crippen LogP contribution in [0.1, 0.15) is 82.6 Å². The first-order valence-corrected chi connectivity index (χ1v) is 12.4. The van der Waals surface area contributed by atoms with E-state index in [4.69, 9.17) is 9.72 Å². The highest BCUT2D eigenvalue weighted by Crippen LogP contribution is 2.42. The zero-order chi connectivity index (χ0) is 22.6. The minimum atomic E-state index is -0.237. The molecule has 5 nitrogen and oxygen atoms in total. The van der Waals surface area contributed by atoms with Gasteiger partial charge < -0.3 is 10.1 Å². The summed E-state index contributed by atoms with van der Waals surface area (Å²) in [5.41, 5.74) is 2.64. The van der Waals surface area contributed by atoms with Gasteiger partial charge in [0.15, 0.2) is 10.9 Å². The van der Waals surface area contributed by atoms with Gasteiger partial charge in [-0.3, -0.25) is 9.69 Å². The maximum atomic E-state index is 13.4. The molecule has 31 heavy (non-hydrogen) atoms. The third-order valence-electron chi connectivity index (χ3n) is 6.32. The maximum absolute atomic E-state index is 13.4. The Bertz CT molecular complexity index is 971. The van der Waals surface area contributed by atoms with E-state index in [0.29, 0.717) is 12.5 Å². The van der Waals surface area contributed by atoms with E-state index in [1.165, 1.54) is 18.4 Å². The predicted octanol–water partition coefficient (Wildman–Crippen LogP) is 5.70. The first kappa shape index (κ1) is 22.7. The monoisotopic (exact) mass is 443 g/mol. The average molecular weight is 444 g/mol. The fourth-order valence-corrected chi connectivity index (χ4v) is 5.75. The van der Waals surface area contributed by atoms with Gasteiger partial charge in [-0.25, -0.2) is 4.98 Å². The van der Waals surface area contributed by atoms with Gasteiger partial charge in [0.1, 0.15) is 0 Å². The van der Waals surface area contributed by atoms with E-state index in [2.05, 4.69) is 58.8 Å². The van der Waals surface area contributed by atoms with Crippen LogP contribution in [0.2, 0.25) is 0 Å².